The molecule has 3 rings (SSSR count). The molecule has 1 saturated heterocycles. The largest absolute Gasteiger partial charge is 0.368 e. The van der Waals surface area contributed by atoms with E-state index in [0.717, 1.165) is 10.2 Å². The number of hydrogen-bond acceptors (Lipinski definition) is 4. The molecule has 24 heavy (non-hydrogen) atoms. The van der Waals surface area contributed by atoms with Gasteiger partial charge < -0.3 is 9.80 Å². The molecule has 0 N–H and O–H groups in total. The number of nitro benzene ring substituents is 1. The summed E-state index contributed by atoms with van der Waals surface area (Å²) in [7, 11) is 0. The molecule has 0 aliphatic carbocycles. The molecule has 0 atom stereocenters. The Morgan fingerprint density at radius 3 is 2.08 bits per heavy atom. The standard InChI is InChI=1S/C17H16BrN3O3/c18-14-3-1-13(2-4-14)17(22)20-11-9-19(10-12-20)15-5-7-16(8-6-15)21(23)24/h1-8H,9-12H2. The molecule has 0 radical (unpaired) electrons. The van der Waals surface area contributed by atoms with Crippen LogP contribution in [0.15, 0.2) is 53.0 Å². The zero-order chi connectivity index (χ0) is 17.1. The first-order valence-corrected chi connectivity index (χ1v) is 8.38. The molecular weight excluding hydrogens is 374 g/mol. The zero-order valence-electron chi connectivity index (χ0n) is 12.9. The summed E-state index contributed by atoms with van der Waals surface area (Å²) < 4.78 is 0.946. The van der Waals surface area contributed by atoms with Gasteiger partial charge in [-0.1, -0.05) is 15.9 Å². The fraction of sp³-hybridized carbons (Fsp3) is 0.235. The lowest BCUT2D eigenvalue weighted by Gasteiger charge is -2.36. The first kappa shape index (κ1) is 16.4. The van der Waals surface area contributed by atoms with Crippen molar-refractivity contribution in [2.75, 3.05) is 31.1 Å². The van der Waals surface area contributed by atoms with Crippen LogP contribution in [0.5, 0.6) is 0 Å². The second-order valence-electron chi connectivity index (χ2n) is 5.56. The fourth-order valence-corrected chi connectivity index (χ4v) is 2.99. The first-order chi connectivity index (χ1) is 11.5. The van der Waals surface area contributed by atoms with E-state index in [4.69, 9.17) is 0 Å². The third-order valence-corrected chi connectivity index (χ3v) is 4.61. The van der Waals surface area contributed by atoms with Crippen LogP contribution >= 0.6 is 15.9 Å². The van der Waals surface area contributed by atoms with Gasteiger partial charge in [-0.2, -0.15) is 0 Å². The summed E-state index contributed by atoms with van der Waals surface area (Å²) in [5.41, 5.74) is 1.71. The molecule has 124 valence electrons. The quantitative estimate of drug-likeness (QED) is 0.596. The van der Waals surface area contributed by atoms with Crippen LogP contribution in [-0.2, 0) is 0 Å². The van der Waals surface area contributed by atoms with Crippen molar-refractivity contribution >= 4 is 33.2 Å². The number of nitro groups is 1. The molecule has 2 aromatic carbocycles. The van der Waals surface area contributed by atoms with Crippen LogP contribution in [0.4, 0.5) is 11.4 Å². The number of anilines is 1. The van der Waals surface area contributed by atoms with E-state index in [1.165, 1.54) is 12.1 Å². The highest BCUT2D eigenvalue weighted by Crippen LogP contribution is 2.21. The molecule has 0 bridgehead atoms. The summed E-state index contributed by atoms with van der Waals surface area (Å²) in [6, 6.07) is 13.9. The minimum absolute atomic E-state index is 0.0332. The Bertz CT molecular complexity index is 739. The molecule has 1 aliphatic heterocycles. The molecular formula is C17H16BrN3O3. The maximum absolute atomic E-state index is 12.5. The summed E-state index contributed by atoms with van der Waals surface area (Å²) in [5.74, 6) is 0.0332. The molecule has 6 nitrogen and oxygen atoms in total. The van der Waals surface area contributed by atoms with Crippen molar-refractivity contribution in [2.24, 2.45) is 0 Å². The van der Waals surface area contributed by atoms with Crippen molar-refractivity contribution in [3.8, 4) is 0 Å². The molecule has 1 aliphatic rings. The molecule has 0 unspecified atom stereocenters. The number of nitrogens with zero attached hydrogens (tertiary/aromatic N) is 3. The Morgan fingerprint density at radius 2 is 1.54 bits per heavy atom. The monoisotopic (exact) mass is 389 g/mol. The van der Waals surface area contributed by atoms with E-state index < -0.39 is 4.92 Å². The Hall–Kier alpha value is -2.41. The number of benzene rings is 2. The van der Waals surface area contributed by atoms with Crippen LogP contribution in [0.3, 0.4) is 0 Å². The molecule has 1 amide bonds. The van der Waals surface area contributed by atoms with Crippen molar-refractivity contribution in [3.63, 3.8) is 0 Å². The van der Waals surface area contributed by atoms with Gasteiger partial charge >= 0.3 is 0 Å². The summed E-state index contributed by atoms with van der Waals surface area (Å²) in [6.45, 7) is 2.68. The van der Waals surface area contributed by atoms with Gasteiger partial charge in [-0.25, -0.2) is 0 Å². The van der Waals surface area contributed by atoms with Crippen molar-refractivity contribution in [1.82, 2.24) is 4.90 Å². The molecule has 1 heterocycles. The van der Waals surface area contributed by atoms with Crippen molar-refractivity contribution in [3.05, 3.63) is 68.7 Å². The lowest BCUT2D eigenvalue weighted by atomic mass is 10.1. The Balaban J connectivity index is 1.62. The lowest BCUT2D eigenvalue weighted by Crippen LogP contribution is -2.48. The molecule has 1 fully saturated rings. The second-order valence-corrected chi connectivity index (χ2v) is 6.48. The van der Waals surface area contributed by atoms with Crippen LogP contribution < -0.4 is 4.90 Å². The van der Waals surface area contributed by atoms with Gasteiger partial charge in [-0.05, 0) is 36.4 Å². The lowest BCUT2D eigenvalue weighted by molar-refractivity contribution is -0.384. The Labute approximate surface area is 148 Å². The molecule has 0 aromatic heterocycles. The van der Waals surface area contributed by atoms with Crippen LogP contribution in [0.2, 0.25) is 0 Å². The minimum atomic E-state index is -0.404. The van der Waals surface area contributed by atoms with Crippen LogP contribution in [0.1, 0.15) is 10.4 Å². The summed E-state index contributed by atoms with van der Waals surface area (Å²) in [4.78, 5) is 26.8. The van der Waals surface area contributed by atoms with Crippen LogP contribution in [-0.4, -0.2) is 41.9 Å². The van der Waals surface area contributed by atoms with Gasteiger partial charge in [-0.3, -0.25) is 14.9 Å². The fourth-order valence-electron chi connectivity index (χ4n) is 2.73. The van der Waals surface area contributed by atoms with Gasteiger partial charge in [0.15, 0.2) is 0 Å². The Kier molecular flexibility index (Phi) is 4.80. The summed E-state index contributed by atoms with van der Waals surface area (Å²) in [5, 5.41) is 10.7. The zero-order valence-corrected chi connectivity index (χ0v) is 14.5. The summed E-state index contributed by atoms with van der Waals surface area (Å²) in [6.07, 6.45) is 0. The SMILES string of the molecule is O=C(c1ccc(Br)cc1)N1CCN(c2ccc([N+](=O)[O-])cc2)CC1. The number of hydrogen-bond donors (Lipinski definition) is 0. The molecule has 0 saturated carbocycles. The van der Waals surface area contributed by atoms with E-state index in [1.807, 2.05) is 29.2 Å². The maximum atomic E-state index is 12.5. The minimum Gasteiger partial charge on any atom is -0.368 e. The third-order valence-electron chi connectivity index (χ3n) is 4.08. The van der Waals surface area contributed by atoms with Gasteiger partial charge in [0.1, 0.15) is 0 Å². The number of carbonyl (C=O) groups is 1. The number of rotatable bonds is 3. The molecule has 2 aromatic rings. The summed E-state index contributed by atoms with van der Waals surface area (Å²) >= 11 is 3.36. The van der Waals surface area contributed by atoms with Crippen molar-refractivity contribution in [2.45, 2.75) is 0 Å². The van der Waals surface area contributed by atoms with Crippen molar-refractivity contribution in [1.29, 1.82) is 0 Å². The van der Waals surface area contributed by atoms with Gasteiger partial charge in [0.25, 0.3) is 11.6 Å². The third kappa shape index (κ3) is 3.56. The van der Waals surface area contributed by atoms with Crippen LogP contribution in [0.25, 0.3) is 0 Å². The first-order valence-electron chi connectivity index (χ1n) is 7.59. The van der Waals surface area contributed by atoms with E-state index in [-0.39, 0.29) is 11.6 Å². The average Bonchev–Trinajstić information content (AvgIpc) is 2.62. The highest BCUT2D eigenvalue weighted by molar-refractivity contribution is 9.10. The number of piperazine rings is 1. The Morgan fingerprint density at radius 1 is 0.958 bits per heavy atom. The van der Waals surface area contributed by atoms with Gasteiger partial charge in [0.2, 0.25) is 0 Å². The van der Waals surface area contributed by atoms with Gasteiger partial charge in [-0.15, -0.1) is 0 Å². The van der Waals surface area contributed by atoms with E-state index in [1.54, 1.807) is 12.1 Å². The average molecular weight is 390 g/mol. The normalized spacial score (nSPS) is 14.5. The van der Waals surface area contributed by atoms with E-state index >= 15 is 0 Å². The highest BCUT2D eigenvalue weighted by atomic mass is 79.9. The topological polar surface area (TPSA) is 66.7 Å². The van der Waals surface area contributed by atoms with Gasteiger partial charge in [0, 0.05) is 54.0 Å². The molecule has 7 heteroatoms. The van der Waals surface area contributed by atoms with Crippen LogP contribution in [0, 0.1) is 10.1 Å². The second kappa shape index (κ2) is 7.00. The van der Waals surface area contributed by atoms with Gasteiger partial charge in [0.05, 0.1) is 4.92 Å². The predicted molar refractivity (Wildman–Crippen MR) is 95.4 cm³/mol. The number of non-ortho nitro benzene ring substituents is 1. The number of halogens is 1. The van der Waals surface area contributed by atoms with E-state index in [9.17, 15) is 14.9 Å². The highest BCUT2D eigenvalue weighted by Gasteiger charge is 2.22. The van der Waals surface area contributed by atoms with Crippen molar-refractivity contribution < 1.29 is 9.72 Å². The molecule has 0 spiro atoms. The number of amides is 1. The predicted octanol–water partition coefficient (Wildman–Crippen LogP) is 3.32. The number of carbonyl (C=O) groups excluding carboxylic acids is 1. The van der Waals surface area contributed by atoms with E-state index in [2.05, 4.69) is 20.8 Å². The smallest absolute Gasteiger partial charge is 0.269 e. The maximum Gasteiger partial charge on any atom is 0.269 e. The van der Waals surface area contributed by atoms with E-state index in [0.29, 0.717) is 31.7 Å².